The first kappa shape index (κ1) is 23.9. The minimum absolute atomic E-state index is 0.0177. The molecule has 0 aliphatic rings. The molecule has 0 amide bonds. The summed E-state index contributed by atoms with van der Waals surface area (Å²) in [6.07, 6.45) is 0.555. The molecule has 0 aromatic heterocycles. The summed E-state index contributed by atoms with van der Waals surface area (Å²) in [5.74, 6) is 3.67. The van der Waals surface area contributed by atoms with Crippen molar-refractivity contribution in [3.05, 3.63) is 65.2 Å². The van der Waals surface area contributed by atoms with Gasteiger partial charge in [0.1, 0.15) is 26.5 Å². The van der Waals surface area contributed by atoms with Crippen molar-refractivity contribution in [3.8, 4) is 17.2 Å². The van der Waals surface area contributed by atoms with Gasteiger partial charge in [-0.15, -0.1) is 5.54 Å². The summed E-state index contributed by atoms with van der Waals surface area (Å²) in [7, 11) is -5.34. The second-order valence-electron chi connectivity index (χ2n) is 8.16. The zero-order valence-corrected chi connectivity index (χ0v) is 19.9. The van der Waals surface area contributed by atoms with Crippen molar-refractivity contribution in [2.24, 2.45) is 0 Å². The molecule has 5 nitrogen and oxygen atoms in total. The number of carbonyl (C=O) groups excluding carboxylic acids is 1. The van der Waals surface area contributed by atoms with E-state index in [9.17, 15) is 13.2 Å². The van der Waals surface area contributed by atoms with Crippen LogP contribution in [0.1, 0.15) is 28.4 Å². The maximum atomic E-state index is 11.7. The maximum absolute atomic E-state index is 11.7. The number of Topliss-reactive ketones (excluding diaryl/α,β-unsaturated/α-hetero) is 1. The predicted octanol–water partition coefficient (Wildman–Crippen LogP) is 4.24. The molecule has 2 aromatic rings. The number of para-hydroxylation sites is 1. The van der Waals surface area contributed by atoms with Gasteiger partial charge in [-0.05, 0) is 24.1 Å². The van der Waals surface area contributed by atoms with Gasteiger partial charge in [-0.2, -0.15) is 8.42 Å². The highest BCUT2D eigenvalue weighted by Gasteiger charge is 2.18. The Bertz CT molecular complexity index is 1040. The molecule has 2 rings (SSSR count). The molecule has 0 radical (unpaired) electrons. The number of ketones is 1. The van der Waals surface area contributed by atoms with E-state index in [1.165, 1.54) is 6.92 Å². The lowest BCUT2D eigenvalue weighted by atomic mass is 10.1. The average Bonchev–Trinajstić information content (AvgIpc) is 2.64. The van der Waals surface area contributed by atoms with Crippen LogP contribution in [-0.4, -0.2) is 34.6 Å². The van der Waals surface area contributed by atoms with Crippen molar-refractivity contribution in [2.45, 2.75) is 45.7 Å². The summed E-state index contributed by atoms with van der Waals surface area (Å²) in [6.45, 7) is 8.12. The zero-order valence-electron chi connectivity index (χ0n) is 18.1. The van der Waals surface area contributed by atoms with Crippen molar-refractivity contribution in [3.63, 3.8) is 0 Å². The Morgan fingerprint density at radius 1 is 1.07 bits per heavy atom. The van der Waals surface area contributed by atoms with Crippen LogP contribution >= 0.6 is 0 Å². The van der Waals surface area contributed by atoms with E-state index in [4.69, 9.17) is 8.92 Å². The molecule has 0 saturated carbocycles. The van der Waals surface area contributed by atoms with Crippen LogP contribution in [-0.2, 0) is 27.3 Å². The molecule has 1 unspecified atom stereocenters. The van der Waals surface area contributed by atoms with Crippen LogP contribution in [0, 0.1) is 11.5 Å². The monoisotopic (exact) mass is 444 g/mol. The van der Waals surface area contributed by atoms with Crippen molar-refractivity contribution < 1.29 is 22.1 Å². The van der Waals surface area contributed by atoms with E-state index in [1.54, 1.807) is 12.1 Å². The van der Waals surface area contributed by atoms with E-state index in [0.717, 1.165) is 17.4 Å². The normalized spacial score (nSPS) is 12.6. The van der Waals surface area contributed by atoms with Crippen LogP contribution in [0.15, 0.2) is 48.5 Å². The van der Waals surface area contributed by atoms with E-state index >= 15 is 0 Å². The highest BCUT2D eigenvalue weighted by Crippen LogP contribution is 2.22. The first-order chi connectivity index (χ1) is 13.9. The number of hydrogen-bond donors (Lipinski definition) is 0. The fourth-order valence-corrected chi connectivity index (χ4v) is 3.76. The number of rotatable bonds is 8. The van der Waals surface area contributed by atoms with Gasteiger partial charge in [0.15, 0.2) is 5.78 Å². The van der Waals surface area contributed by atoms with Gasteiger partial charge in [-0.1, -0.05) is 68.0 Å². The summed E-state index contributed by atoms with van der Waals surface area (Å²) in [4.78, 5) is 11.4. The van der Waals surface area contributed by atoms with Gasteiger partial charge in [0.2, 0.25) is 0 Å². The average molecular weight is 445 g/mol. The fraction of sp³-hybridized carbons (Fsp3) is 0.348. The first-order valence-electron chi connectivity index (χ1n) is 9.64. The van der Waals surface area contributed by atoms with Crippen LogP contribution in [0.4, 0.5) is 0 Å². The second-order valence-corrected chi connectivity index (χ2v) is 14.5. The topological polar surface area (TPSA) is 69.7 Å². The van der Waals surface area contributed by atoms with Crippen molar-refractivity contribution >= 4 is 24.0 Å². The standard InChI is InChI=1S/C23H28O5SSi/c1-18(24)20-12-10-19(11-13-20)17-27-23-9-7-6-8-21(23)16-22(28-29(2,25)26)14-15-30(3,4)5/h6-13,22H,16-17H2,1-5H3. The zero-order chi connectivity index (χ0) is 22.4. The predicted molar refractivity (Wildman–Crippen MR) is 122 cm³/mol. The second kappa shape index (κ2) is 10.1. The number of carbonyl (C=O) groups is 1. The summed E-state index contributed by atoms with van der Waals surface area (Å²) in [5.41, 5.74) is 5.59. The Morgan fingerprint density at radius 3 is 2.27 bits per heavy atom. The van der Waals surface area contributed by atoms with Crippen LogP contribution in [0.2, 0.25) is 19.6 Å². The lowest BCUT2D eigenvalue weighted by Gasteiger charge is -2.15. The number of hydrogen-bond acceptors (Lipinski definition) is 5. The SMILES string of the molecule is CC(=O)c1ccc(COc2ccccc2CC(C#C[Si](C)(C)C)OS(C)(=O)=O)cc1. The van der Waals surface area contributed by atoms with Gasteiger partial charge in [-0.25, -0.2) is 0 Å². The number of ether oxygens (including phenoxy) is 1. The molecule has 0 spiro atoms. The van der Waals surface area contributed by atoms with Gasteiger partial charge in [0, 0.05) is 12.0 Å². The largest absolute Gasteiger partial charge is 0.489 e. The molecule has 0 saturated heterocycles. The smallest absolute Gasteiger partial charge is 0.265 e. The molecular formula is C23H28O5SSi. The number of benzene rings is 2. The molecule has 0 N–H and O–H groups in total. The van der Waals surface area contributed by atoms with Gasteiger partial charge in [0.05, 0.1) is 6.26 Å². The van der Waals surface area contributed by atoms with E-state index < -0.39 is 24.3 Å². The molecule has 0 aliphatic carbocycles. The molecule has 7 heteroatoms. The molecule has 0 aliphatic heterocycles. The Morgan fingerprint density at radius 2 is 1.70 bits per heavy atom. The minimum Gasteiger partial charge on any atom is -0.489 e. The minimum atomic E-state index is -3.65. The molecular weight excluding hydrogens is 416 g/mol. The Balaban J connectivity index is 2.18. The van der Waals surface area contributed by atoms with E-state index in [1.807, 2.05) is 36.4 Å². The molecule has 160 valence electrons. The lowest BCUT2D eigenvalue weighted by Crippen LogP contribution is -2.22. The molecule has 0 fully saturated rings. The van der Waals surface area contributed by atoms with Gasteiger partial charge >= 0.3 is 0 Å². The first-order valence-corrected chi connectivity index (χ1v) is 15.0. The molecule has 30 heavy (non-hydrogen) atoms. The molecule has 0 bridgehead atoms. The van der Waals surface area contributed by atoms with Gasteiger partial charge < -0.3 is 4.74 Å². The van der Waals surface area contributed by atoms with Crippen LogP contribution < -0.4 is 4.74 Å². The Hall–Kier alpha value is -2.40. The third-order valence-electron chi connectivity index (χ3n) is 4.03. The Kier molecular flexibility index (Phi) is 8.01. The van der Waals surface area contributed by atoms with Gasteiger partial charge in [-0.3, -0.25) is 8.98 Å². The Labute approximate surface area is 180 Å². The van der Waals surface area contributed by atoms with Gasteiger partial charge in [0.25, 0.3) is 10.1 Å². The molecule has 2 aromatic carbocycles. The molecule has 1 atom stereocenters. The highest BCUT2D eigenvalue weighted by atomic mass is 32.2. The summed E-state index contributed by atoms with van der Waals surface area (Å²) < 4.78 is 34.6. The third kappa shape index (κ3) is 8.53. The van der Waals surface area contributed by atoms with Crippen LogP contribution in [0.5, 0.6) is 5.75 Å². The van der Waals surface area contributed by atoms with Crippen molar-refractivity contribution in [1.29, 1.82) is 0 Å². The van der Waals surface area contributed by atoms with Crippen molar-refractivity contribution in [2.75, 3.05) is 6.26 Å². The summed E-state index contributed by atoms with van der Waals surface area (Å²) in [6, 6.07) is 14.7. The lowest BCUT2D eigenvalue weighted by molar-refractivity contribution is 0.101. The van der Waals surface area contributed by atoms with E-state index in [2.05, 4.69) is 31.1 Å². The quantitative estimate of drug-likeness (QED) is 0.264. The third-order valence-corrected chi connectivity index (χ3v) is 5.51. The van der Waals surface area contributed by atoms with Crippen LogP contribution in [0.25, 0.3) is 0 Å². The summed E-state index contributed by atoms with van der Waals surface area (Å²) >= 11 is 0. The summed E-state index contributed by atoms with van der Waals surface area (Å²) in [5, 5.41) is 0. The molecule has 0 heterocycles. The van der Waals surface area contributed by atoms with Crippen LogP contribution in [0.3, 0.4) is 0 Å². The van der Waals surface area contributed by atoms with Crippen molar-refractivity contribution in [1.82, 2.24) is 0 Å². The maximum Gasteiger partial charge on any atom is 0.265 e. The highest BCUT2D eigenvalue weighted by molar-refractivity contribution is 7.86. The van der Waals surface area contributed by atoms with E-state index in [-0.39, 0.29) is 5.78 Å². The van der Waals surface area contributed by atoms with E-state index in [0.29, 0.717) is 24.3 Å². The fourth-order valence-electron chi connectivity index (χ4n) is 2.63.